The van der Waals surface area contributed by atoms with E-state index in [1.54, 1.807) is 0 Å². The third kappa shape index (κ3) is 15.7. The van der Waals surface area contributed by atoms with Gasteiger partial charge in [-0.25, -0.2) is 0 Å². The van der Waals surface area contributed by atoms with Gasteiger partial charge in [-0.1, -0.05) is 0 Å². The molecule has 0 aliphatic heterocycles. The first-order valence-electron chi connectivity index (χ1n) is 2.37. The second-order valence-electron chi connectivity index (χ2n) is 1.02. The molecular weight excluding hydrogens is 354 g/mol. The van der Waals surface area contributed by atoms with Crippen molar-refractivity contribution in [3.8, 4) is 0 Å². The Balaban J connectivity index is -0.000000245. The SMILES string of the molecule is [CH2-]N=NCN=NCC.[CH3-].[U+2]. The summed E-state index contributed by atoms with van der Waals surface area (Å²) in [5.41, 5.74) is 0. The van der Waals surface area contributed by atoms with Crippen molar-refractivity contribution in [1.82, 2.24) is 0 Å². The van der Waals surface area contributed by atoms with Gasteiger partial charge in [-0.3, -0.25) is 7.05 Å². The fraction of sp³-hybridized carbons (Fsp3) is 0.600. The summed E-state index contributed by atoms with van der Waals surface area (Å²) in [4.78, 5) is 0. The molecule has 0 rings (SSSR count). The molecule has 0 fully saturated rings. The first-order valence-corrected chi connectivity index (χ1v) is 2.37. The van der Waals surface area contributed by atoms with Gasteiger partial charge in [0, 0.05) is 0 Å². The maximum Gasteiger partial charge on any atom is 2.00 e. The van der Waals surface area contributed by atoms with E-state index in [0.29, 0.717) is 13.2 Å². The molecule has 10 heavy (non-hydrogen) atoms. The van der Waals surface area contributed by atoms with Crippen LogP contribution >= 0.6 is 0 Å². The van der Waals surface area contributed by atoms with Crippen LogP contribution in [0.3, 0.4) is 0 Å². The van der Waals surface area contributed by atoms with Gasteiger partial charge < -0.3 is 12.5 Å². The summed E-state index contributed by atoms with van der Waals surface area (Å²) in [5.74, 6) is 0. The Morgan fingerprint density at radius 1 is 1.20 bits per heavy atom. The summed E-state index contributed by atoms with van der Waals surface area (Å²) in [5, 5.41) is 13.9. The van der Waals surface area contributed by atoms with Crippen LogP contribution in [0.15, 0.2) is 20.5 Å². The molecule has 5 heteroatoms. The topological polar surface area (TPSA) is 49.4 Å². The van der Waals surface area contributed by atoms with E-state index in [9.17, 15) is 0 Å². The average molecular weight is 366 g/mol. The molecule has 0 N–H and O–H groups in total. The molecule has 0 heterocycles. The quantitative estimate of drug-likeness (QED) is 0.543. The third-order valence-electron chi connectivity index (χ3n) is 0.468. The van der Waals surface area contributed by atoms with Crippen LogP contribution in [0, 0.1) is 45.6 Å². The monoisotopic (exact) mass is 366 g/mol. The van der Waals surface area contributed by atoms with Crippen LogP contribution in [0.5, 0.6) is 0 Å². The zero-order valence-corrected chi connectivity index (χ0v) is 10.6. The van der Waals surface area contributed by atoms with Gasteiger partial charge in [0.1, 0.15) is 0 Å². The van der Waals surface area contributed by atoms with Crippen molar-refractivity contribution < 1.29 is 31.1 Å². The van der Waals surface area contributed by atoms with Crippen LogP contribution in [0.25, 0.3) is 0 Å². The Bertz CT molecular complexity index is 91.6. The molecule has 0 aliphatic carbocycles. The van der Waals surface area contributed by atoms with Gasteiger partial charge in [0.2, 0.25) is 0 Å². The van der Waals surface area contributed by atoms with Gasteiger partial charge in [-0.15, -0.1) is 0 Å². The van der Waals surface area contributed by atoms with Crippen molar-refractivity contribution in [1.29, 1.82) is 0 Å². The third-order valence-corrected chi connectivity index (χ3v) is 0.468. The van der Waals surface area contributed by atoms with Gasteiger partial charge in [0.15, 0.2) is 6.67 Å². The van der Waals surface area contributed by atoms with E-state index in [4.69, 9.17) is 0 Å². The second kappa shape index (κ2) is 16.1. The number of hydrogen-bond donors (Lipinski definition) is 0. The molecule has 0 aromatic rings. The number of hydrogen-bond acceptors (Lipinski definition) is 4. The Morgan fingerprint density at radius 2 is 1.80 bits per heavy atom. The molecule has 0 bridgehead atoms. The van der Waals surface area contributed by atoms with Crippen LogP contribution in [-0.2, 0) is 0 Å². The van der Waals surface area contributed by atoms with Crippen molar-refractivity contribution in [2.24, 2.45) is 20.5 Å². The molecule has 0 aromatic carbocycles. The normalized spacial score (nSPS) is 9.30. The predicted octanol–water partition coefficient (Wildman–Crippen LogP) is 2.11. The average Bonchev–Trinajstić information content (AvgIpc) is 1.81. The van der Waals surface area contributed by atoms with Gasteiger partial charge >= 0.3 is 31.1 Å². The van der Waals surface area contributed by atoms with Crippen molar-refractivity contribution >= 4 is 0 Å². The zero-order valence-electron chi connectivity index (χ0n) is 6.41. The maximum atomic E-state index is 3.65. The number of rotatable bonds is 3. The summed E-state index contributed by atoms with van der Waals surface area (Å²) >= 11 is 0. The molecule has 0 spiro atoms. The summed E-state index contributed by atoms with van der Waals surface area (Å²) in [7, 11) is 3.14. The standard InChI is InChI=1S/C4H9N4.CH3.U/c1-3-6-8-4-7-5-2;;/h2-4H2,1H3;1H3;/q2*-1;+2. The molecule has 0 saturated heterocycles. The van der Waals surface area contributed by atoms with Crippen LogP contribution in [0.1, 0.15) is 6.92 Å². The van der Waals surface area contributed by atoms with Crippen LogP contribution < -0.4 is 0 Å². The van der Waals surface area contributed by atoms with Gasteiger partial charge in [0.05, 0.1) is 6.54 Å². The molecule has 0 saturated carbocycles. The van der Waals surface area contributed by atoms with E-state index in [1.807, 2.05) is 6.92 Å². The van der Waals surface area contributed by atoms with Crippen molar-refractivity contribution in [2.75, 3.05) is 13.2 Å². The largest absolute Gasteiger partial charge is 2.00 e. The van der Waals surface area contributed by atoms with Gasteiger partial charge in [-0.05, 0) is 6.92 Å². The smallest absolute Gasteiger partial charge is 0.358 e. The predicted molar refractivity (Wildman–Crippen MR) is 36.9 cm³/mol. The minimum atomic E-state index is 0. The van der Waals surface area contributed by atoms with Crippen LogP contribution in [0.2, 0.25) is 0 Å². The molecule has 0 aliphatic rings. The summed E-state index contributed by atoms with van der Waals surface area (Å²) in [6.07, 6.45) is 0. The van der Waals surface area contributed by atoms with Gasteiger partial charge in [-0.2, -0.15) is 15.3 Å². The van der Waals surface area contributed by atoms with E-state index in [-0.39, 0.29) is 38.5 Å². The summed E-state index contributed by atoms with van der Waals surface area (Å²) in [6, 6.07) is 0. The van der Waals surface area contributed by atoms with Crippen LogP contribution in [-0.4, -0.2) is 13.2 Å². The Morgan fingerprint density at radius 3 is 2.20 bits per heavy atom. The summed E-state index contributed by atoms with van der Waals surface area (Å²) in [6.45, 7) is 2.91. The first kappa shape index (κ1) is 16.6. The molecule has 4 nitrogen and oxygen atoms in total. The zero-order chi connectivity index (χ0) is 6.24. The van der Waals surface area contributed by atoms with Crippen LogP contribution in [0.4, 0.5) is 0 Å². The Hall–Kier alpha value is 0.122. The molecular formula is C5H12N4U. The fourth-order valence-electron chi connectivity index (χ4n) is 0.218. The van der Waals surface area contributed by atoms with E-state index >= 15 is 0 Å². The van der Waals surface area contributed by atoms with Crippen molar-refractivity contribution in [3.05, 3.63) is 14.5 Å². The molecule has 0 radical (unpaired) electrons. The Labute approximate surface area is 86.0 Å². The number of nitrogens with zero attached hydrogens (tertiary/aromatic N) is 4. The molecule has 0 unspecified atom stereocenters. The van der Waals surface area contributed by atoms with E-state index in [1.165, 1.54) is 0 Å². The Kier molecular flexibility index (Phi) is 26.7. The number of azo groups is 2. The molecule has 0 aromatic heterocycles. The molecule has 0 atom stereocenters. The fourth-order valence-corrected chi connectivity index (χ4v) is 0.218. The van der Waals surface area contributed by atoms with Crippen molar-refractivity contribution in [3.63, 3.8) is 0 Å². The summed E-state index contributed by atoms with van der Waals surface area (Å²) < 4.78 is 0. The van der Waals surface area contributed by atoms with Crippen molar-refractivity contribution in [2.45, 2.75) is 6.92 Å². The molecule has 56 valence electrons. The maximum absolute atomic E-state index is 3.65. The molecule has 0 amide bonds. The minimum absolute atomic E-state index is 0. The minimum Gasteiger partial charge on any atom is -0.358 e. The van der Waals surface area contributed by atoms with E-state index < -0.39 is 0 Å². The van der Waals surface area contributed by atoms with E-state index in [2.05, 4.69) is 27.5 Å². The van der Waals surface area contributed by atoms with E-state index in [0.717, 1.165) is 0 Å². The first-order chi connectivity index (χ1) is 3.91. The second-order valence-corrected chi connectivity index (χ2v) is 1.02. The van der Waals surface area contributed by atoms with Gasteiger partial charge in [0.25, 0.3) is 0 Å².